The van der Waals surface area contributed by atoms with Gasteiger partial charge in [0.2, 0.25) is 21.8 Å². The molecule has 33 heavy (non-hydrogen) atoms. The van der Waals surface area contributed by atoms with E-state index in [2.05, 4.69) is 5.32 Å². The molecule has 0 aromatic heterocycles. The molecule has 0 spiro atoms. The molecular weight excluding hydrogens is 469 g/mol. The summed E-state index contributed by atoms with van der Waals surface area (Å²) in [4.78, 5) is 27.0. The Morgan fingerprint density at radius 3 is 2.24 bits per heavy atom. The van der Waals surface area contributed by atoms with Crippen molar-refractivity contribution < 1.29 is 22.4 Å². The lowest BCUT2D eigenvalue weighted by Gasteiger charge is -2.30. The van der Waals surface area contributed by atoms with Crippen molar-refractivity contribution in [2.45, 2.75) is 38.3 Å². The average molecular weight is 498 g/mol. The molecule has 0 saturated carbocycles. The van der Waals surface area contributed by atoms with Gasteiger partial charge in [0.15, 0.2) is 0 Å². The van der Waals surface area contributed by atoms with Crippen LogP contribution in [0.3, 0.4) is 0 Å². The van der Waals surface area contributed by atoms with Crippen LogP contribution in [-0.2, 0) is 26.2 Å². The molecule has 0 saturated heterocycles. The Labute approximate surface area is 199 Å². The van der Waals surface area contributed by atoms with Crippen LogP contribution in [-0.4, -0.2) is 55.6 Å². The average Bonchev–Trinajstić information content (AvgIpc) is 2.76. The molecule has 180 valence electrons. The lowest BCUT2D eigenvalue weighted by molar-refractivity contribution is -0.140. The first-order valence-electron chi connectivity index (χ1n) is 10.5. The second-order valence-electron chi connectivity index (χ2n) is 8.14. The highest BCUT2D eigenvalue weighted by molar-refractivity contribution is 7.89. The predicted octanol–water partition coefficient (Wildman–Crippen LogP) is 3.29. The summed E-state index contributed by atoms with van der Waals surface area (Å²) in [6.07, 6.45) is 0. The number of amides is 2. The number of hydrogen-bond donors (Lipinski definition) is 1. The van der Waals surface area contributed by atoms with E-state index >= 15 is 0 Å². The fourth-order valence-corrected chi connectivity index (χ4v) is 4.24. The standard InChI is InChI=1S/C23H29ClFN3O4S/c1-16(2)13-26-23(30)17(3)28(14-18-7-5-6-8-21(18)25)22(29)15-27(4)33(31,32)20-11-9-19(24)10-12-20/h5-12,16-17H,13-15H2,1-4H3,(H,26,30). The van der Waals surface area contributed by atoms with E-state index in [4.69, 9.17) is 11.6 Å². The van der Waals surface area contributed by atoms with Gasteiger partial charge in [-0.25, -0.2) is 12.8 Å². The Kier molecular flexibility index (Phi) is 9.39. The fraction of sp³-hybridized carbons (Fsp3) is 0.391. The molecule has 1 N–H and O–H groups in total. The van der Waals surface area contributed by atoms with E-state index in [-0.39, 0.29) is 22.9 Å². The highest BCUT2D eigenvalue weighted by Crippen LogP contribution is 2.19. The maximum atomic E-state index is 14.3. The number of halogens is 2. The summed E-state index contributed by atoms with van der Waals surface area (Å²) >= 11 is 5.83. The number of carbonyl (C=O) groups excluding carboxylic acids is 2. The molecular formula is C23H29ClFN3O4S. The molecule has 1 unspecified atom stereocenters. The number of sulfonamides is 1. The van der Waals surface area contributed by atoms with Crippen molar-refractivity contribution in [2.75, 3.05) is 20.1 Å². The Morgan fingerprint density at radius 2 is 1.67 bits per heavy atom. The van der Waals surface area contributed by atoms with Crippen molar-refractivity contribution >= 4 is 33.4 Å². The molecule has 2 amide bonds. The number of likely N-dealkylation sites (N-methyl/N-ethyl adjacent to an activating group) is 1. The van der Waals surface area contributed by atoms with Gasteiger partial charge in [-0.2, -0.15) is 4.31 Å². The second-order valence-corrected chi connectivity index (χ2v) is 10.6. The molecule has 0 radical (unpaired) electrons. The smallest absolute Gasteiger partial charge is 0.243 e. The fourth-order valence-electron chi connectivity index (χ4n) is 3.00. The van der Waals surface area contributed by atoms with Gasteiger partial charge in [-0.3, -0.25) is 9.59 Å². The minimum Gasteiger partial charge on any atom is -0.354 e. The molecule has 2 rings (SSSR count). The minimum atomic E-state index is -3.98. The summed E-state index contributed by atoms with van der Waals surface area (Å²) in [5, 5.41) is 3.14. The third-order valence-corrected chi connectivity index (χ3v) is 7.10. The summed E-state index contributed by atoms with van der Waals surface area (Å²) in [7, 11) is -2.71. The highest BCUT2D eigenvalue weighted by atomic mass is 35.5. The van der Waals surface area contributed by atoms with Gasteiger partial charge in [0.05, 0.1) is 11.4 Å². The molecule has 1 atom stereocenters. The maximum absolute atomic E-state index is 14.3. The lowest BCUT2D eigenvalue weighted by Crippen LogP contribution is -2.51. The first-order valence-corrected chi connectivity index (χ1v) is 12.3. The summed E-state index contributed by atoms with van der Waals surface area (Å²) in [5.74, 6) is -1.36. The quantitative estimate of drug-likeness (QED) is 0.545. The molecule has 0 fully saturated rings. The zero-order chi connectivity index (χ0) is 24.8. The summed E-state index contributed by atoms with van der Waals surface area (Å²) in [5.41, 5.74) is 0.220. The maximum Gasteiger partial charge on any atom is 0.243 e. The third kappa shape index (κ3) is 7.25. The van der Waals surface area contributed by atoms with Crippen LogP contribution < -0.4 is 5.32 Å². The highest BCUT2D eigenvalue weighted by Gasteiger charge is 2.30. The SMILES string of the molecule is CC(C)CNC(=O)C(C)N(Cc1ccccc1F)C(=O)CN(C)S(=O)(=O)c1ccc(Cl)cc1. The number of benzene rings is 2. The van der Waals surface area contributed by atoms with Crippen molar-refractivity contribution in [1.29, 1.82) is 0 Å². The van der Waals surface area contributed by atoms with Gasteiger partial charge in [0.1, 0.15) is 11.9 Å². The number of nitrogens with one attached hydrogen (secondary N) is 1. The zero-order valence-electron chi connectivity index (χ0n) is 19.1. The topological polar surface area (TPSA) is 86.8 Å². The molecule has 0 aliphatic heterocycles. The van der Waals surface area contributed by atoms with Crippen LogP contribution in [0, 0.1) is 11.7 Å². The molecule has 7 nitrogen and oxygen atoms in total. The number of nitrogens with zero attached hydrogens (tertiary/aromatic N) is 2. The van der Waals surface area contributed by atoms with Crippen LogP contribution >= 0.6 is 11.6 Å². The summed E-state index contributed by atoms with van der Waals surface area (Å²) in [6, 6.07) is 10.6. The molecule has 2 aromatic carbocycles. The Hall–Kier alpha value is -2.49. The molecule has 0 heterocycles. The van der Waals surface area contributed by atoms with Crippen molar-refractivity contribution in [2.24, 2.45) is 5.92 Å². The van der Waals surface area contributed by atoms with Gasteiger partial charge >= 0.3 is 0 Å². The van der Waals surface area contributed by atoms with Crippen molar-refractivity contribution in [3.63, 3.8) is 0 Å². The summed E-state index contributed by atoms with van der Waals surface area (Å²) in [6.45, 7) is 5.10. The van der Waals surface area contributed by atoms with Gasteiger partial charge in [0, 0.05) is 30.7 Å². The molecule has 10 heteroatoms. The Balaban J connectivity index is 2.27. The Bertz CT molecular complexity index is 1080. The number of hydrogen-bond acceptors (Lipinski definition) is 4. The van der Waals surface area contributed by atoms with Crippen molar-refractivity contribution in [3.8, 4) is 0 Å². The van der Waals surface area contributed by atoms with Crippen LogP contribution in [0.4, 0.5) is 4.39 Å². The molecule has 0 aliphatic rings. The van der Waals surface area contributed by atoms with E-state index in [1.807, 2.05) is 13.8 Å². The van der Waals surface area contributed by atoms with Gasteiger partial charge in [-0.05, 0) is 43.2 Å². The van der Waals surface area contributed by atoms with Gasteiger partial charge in [-0.1, -0.05) is 43.6 Å². The van der Waals surface area contributed by atoms with E-state index in [9.17, 15) is 22.4 Å². The van der Waals surface area contributed by atoms with Crippen molar-refractivity contribution in [1.82, 2.24) is 14.5 Å². The zero-order valence-corrected chi connectivity index (χ0v) is 20.7. The van der Waals surface area contributed by atoms with E-state index in [0.717, 1.165) is 4.31 Å². The third-order valence-electron chi connectivity index (χ3n) is 5.03. The summed E-state index contributed by atoms with van der Waals surface area (Å²) < 4.78 is 40.9. The van der Waals surface area contributed by atoms with Gasteiger partial charge in [0.25, 0.3) is 0 Å². The van der Waals surface area contributed by atoms with E-state index in [0.29, 0.717) is 11.6 Å². The normalized spacial score (nSPS) is 12.6. The van der Waals surface area contributed by atoms with Gasteiger partial charge in [-0.15, -0.1) is 0 Å². The largest absolute Gasteiger partial charge is 0.354 e. The van der Waals surface area contributed by atoms with Crippen LogP contribution in [0.1, 0.15) is 26.3 Å². The number of carbonyl (C=O) groups is 2. The number of rotatable bonds is 10. The van der Waals surface area contributed by atoms with E-state index in [1.54, 1.807) is 6.07 Å². The van der Waals surface area contributed by atoms with Gasteiger partial charge < -0.3 is 10.2 Å². The second kappa shape index (κ2) is 11.6. The van der Waals surface area contributed by atoms with Crippen LogP contribution in [0.5, 0.6) is 0 Å². The van der Waals surface area contributed by atoms with Crippen LogP contribution in [0.15, 0.2) is 53.4 Å². The molecule has 0 aliphatic carbocycles. The Morgan fingerprint density at radius 1 is 1.06 bits per heavy atom. The predicted molar refractivity (Wildman–Crippen MR) is 126 cm³/mol. The molecule has 2 aromatic rings. The minimum absolute atomic E-state index is 0.0226. The monoisotopic (exact) mass is 497 g/mol. The van der Waals surface area contributed by atoms with E-state index in [1.165, 1.54) is 61.3 Å². The first-order chi connectivity index (χ1) is 15.4. The van der Waals surface area contributed by atoms with Crippen molar-refractivity contribution in [3.05, 3.63) is 64.9 Å². The van der Waals surface area contributed by atoms with E-state index < -0.39 is 40.2 Å². The first kappa shape index (κ1) is 26.8. The van der Waals surface area contributed by atoms with Crippen LogP contribution in [0.2, 0.25) is 5.02 Å². The lowest BCUT2D eigenvalue weighted by atomic mass is 10.1. The molecule has 0 bridgehead atoms. The van der Waals surface area contributed by atoms with Crippen LogP contribution in [0.25, 0.3) is 0 Å².